The van der Waals surface area contributed by atoms with E-state index >= 15 is 0 Å². The fourth-order valence-electron chi connectivity index (χ4n) is 3.63. The van der Waals surface area contributed by atoms with Crippen LogP contribution in [0, 0.1) is 5.92 Å². The molecule has 0 N–H and O–H groups in total. The Morgan fingerprint density at radius 1 is 1.10 bits per heavy atom. The summed E-state index contributed by atoms with van der Waals surface area (Å²) < 4.78 is 22.7. The normalized spacial score (nSPS) is 20.4. The molecule has 1 saturated heterocycles. The van der Waals surface area contributed by atoms with Crippen LogP contribution in [0.5, 0.6) is 5.75 Å². The first kappa shape index (κ1) is 21.6. The van der Waals surface area contributed by atoms with E-state index in [9.17, 15) is 9.59 Å². The first-order valence-electron chi connectivity index (χ1n) is 9.90. The summed E-state index contributed by atoms with van der Waals surface area (Å²) in [5.74, 6) is -0.236. The van der Waals surface area contributed by atoms with Crippen molar-refractivity contribution in [2.45, 2.75) is 65.3 Å². The van der Waals surface area contributed by atoms with Gasteiger partial charge in [-0.25, -0.2) is 0 Å². The number of hydrogen-bond acceptors (Lipinski definition) is 6. The number of amides is 1. The van der Waals surface area contributed by atoms with Crippen LogP contribution in [0.15, 0.2) is 12.1 Å². The summed E-state index contributed by atoms with van der Waals surface area (Å²) in [6.45, 7) is 10.7. The maximum atomic E-state index is 12.6. The lowest BCUT2D eigenvalue weighted by atomic mass is 9.77. The van der Waals surface area contributed by atoms with Gasteiger partial charge >= 0.3 is 13.1 Å². The van der Waals surface area contributed by atoms with Crippen molar-refractivity contribution >= 4 is 24.5 Å². The number of fused-ring (bicyclic) bond motifs is 1. The van der Waals surface area contributed by atoms with Gasteiger partial charge in [0.2, 0.25) is 5.91 Å². The maximum Gasteiger partial charge on any atom is 0.498 e. The molecule has 0 bridgehead atoms. The first-order chi connectivity index (χ1) is 13.5. The third-order valence-corrected chi connectivity index (χ3v) is 6.22. The van der Waals surface area contributed by atoms with E-state index in [2.05, 4.69) is 0 Å². The molecule has 2 heterocycles. The number of rotatable bonds is 5. The highest BCUT2D eigenvalue weighted by atomic mass is 16.7. The Balaban J connectivity index is 1.80. The van der Waals surface area contributed by atoms with Gasteiger partial charge in [-0.3, -0.25) is 9.59 Å². The third kappa shape index (κ3) is 4.01. The smallest absolute Gasteiger partial charge is 0.497 e. The van der Waals surface area contributed by atoms with Crippen molar-refractivity contribution in [1.82, 2.24) is 4.90 Å². The van der Waals surface area contributed by atoms with Crippen LogP contribution in [0.25, 0.3) is 0 Å². The quantitative estimate of drug-likeness (QED) is 0.554. The van der Waals surface area contributed by atoms with Gasteiger partial charge in [0.25, 0.3) is 0 Å². The predicted octanol–water partition coefficient (Wildman–Crippen LogP) is 2.04. The topological polar surface area (TPSA) is 74.3 Å². The van der Waals surface area contributed by atoms with Gasteiger partial charge in [-0.2, -0.15) is 0 Å². The van der Waals surface area contributed by atoms with Gasteiger partial charge in [0, 0.05) is 25.0 Å². The molecule has 1 fully saturated rings. The fourth-order valence-corrected chi connectivity index (χ4v) is 3.63. The molecule has 0 aromatic heterocycles. The Bertz CT molecular complexity index is 806. The third-order valence-electron chi connectivity index (χ3n) is 6.22. The number of benzene rings is 1. The lowest BCUT2D eigenvalue weighted by molar-refractivity contribution is -0.148. The first-order valence-corrected chi connectivity index (χ1v) is 9.90. The number of ether oxygens (including phenoxy) is 2. The van der Waals surface area contributed by atoms with Crippen molar-refractivity contribution in [3.8, 4) is 5.75 Å². The number of methoxy groups -OCH3 is 2. The summed E-state index contributed by atoms with van der Waals surface area (Å²) in [6.07, 6.45) is 0.127. The second-order valence-electron chi connectivity index (χ2n) is 8.83. The highest BCUT2D eigenvalue weighted by Crippen LogP contribution is 2.38. The zero-order valence-corrected chi connectivity index (χ0v) is 18.3. The molecule has 3 rings (SSSR count). The maximum absolute atomic E-state index is 12.6. The van der Waals surface area contributed by atoms with Gasteiger partial charge in [-0.1, -0.05) is 13.0 Å². The van der Waals surface area contributed by atoms with Gasteiger partial charge in [-0.15, -0.1) is 0 Å². The molecule has 0 unspecified atom stereocenters. The van der Waals surface area contributed by atoms with Gasteiger partial charge in [0.15, 0.2) is 0 Å². The Morgan fingerprint density at radius 2 is 1.66 bits per heavy atom. The summed E-state index contributed by atoms with van der Waals surface area (Å²) in [5, 5.41) is 0. The number of nitrogens with zero attached hydrogens (tertiary/aromatic N) is 1. The van der Waals surface area contributed by atoms with E-state index in [0.29, 0.717) is 18.8 Å². The molecule has 0 spiro atoms. The van der Waals surface area contributed by atoms with Crippen molar-refractivity contribution < 1.29 is 28.4 Å². The molecule has 2 aliphatic rings. The van der Waals surface area contributed by atoms with Crippen LogP contribution in [0.2, 0.25) is 0 Å². The lowest BCUT2D eigenvalue weighted by Crippen LogP contribution is -2.41. The second kappa shape index (κ2) is 7.65. The molecule has 1 aromatic rings. The van der Waals surface area contributed by atoms with Gasteiger partial charge in [0.05, 0.1) is 31.3 Å². The molecule has 1 aromatic carbocycles. The number of carbonyl (C=O) groups is 2. The van der Waals surface area contributed by atoms with Crippen molar-refractivity contribution in [1.29, 1.82) is 0 Å². The fraction of sp³-hybridized carbons (Fsp3) is 0.619. The second-order valence-corrected chi connectivity index (χ2v) is 8.83. The van der Waals surface area contributed by atoms with E-state index in [-0.39, 0.29) is 18.3 Å². The molecule has 8 heteroatoms. The molecule has 0 saturated carbocycles. The van der Waals surface area contributed by atoms with Gasteiger partial charge < -0.3 is 23.7 Å². The van der Waals surface area contributed by atoms with Crippen LogP contribution < -0.4 is 10.2 Å². The minimum Gasteiger partial charge on any atom is -0.497 e. The van der Waals surface area contributed by atoms with Crippen LogP contribution in [0.4, 0.5) is 0 Å². The monoisotopic (exact) mass is 403 g/mol. The van der Waals surface area contributed by atoms with Crippen LogP contribution in [-0.2, 0) is 36.7 Å². The van der Waals surface area contributed by atoms with E-state index in [1.54, 1.807) is 18.9 Å². The molecule has 2 aliphatic heterocycles. The number of hydrogen-bond donors (Lipinski definition) is 0. The summed E-state index contributed by atoms with van der Waals surface area (Å²) >= 11 is 0. The summed E-state index contributed by atoms with van der Waals surface area (Å²) in [5.41, 5.74) is 1.99. The lowest BCUT2D eigenvalue weighted by Gasteiger charge is -2.32. The van der Waals surface area contributed by atoms with E-state index in [0.717, 1.165) is 16.6 Å². The molecule has 29 heavy (non-hydrogen) atoms. The Kier molecular flexibility index (Phi) is 5.71. The zero-order valence-electron chi connectivity index (χ0n) is 18.3. The molecule has 1 atom stereocenters. The molecule has 158 valence electrons. The highest BCUT2D eigenvalue weighted by Gasteiger charge is 2.52. The molecule has 7 nitrogen and oxygen atoms in total. The van der Waals surface area contributed by atoms with Crippen molar-refractivity contribution in [3.05, 3.63) is 23.3 Å². The minimum atomic E-state index is -0.538. The average Bonchev–Trinajstić information content (AvgIpc) is 3.16. The van der Waals surface area contributed by atoms with Crippen LogP contribution >= 0.6 is 0 Å². The van der Waals surface area contributed by atoms with Crippen molar-refractivity contribution in [2.75, 3.05) is 14.2 Å². The Hall–Kier alpha value is -2.06. The molecule has 1 amide bonds. The van der Waals surface area contributed by atoms with Crippen LogP contribution in [-0.4, -0.2) is 49.3 Å². The summed E-state index contributed by atoms with van der Waals surface area (Å²) in [6, 6.07) is 3.96. The van der Waals surface area contributed by atoms with E-state index < -0.39 is 24.2 Å². The molecule has 0 aliphatic carbocycles. The van der Waals surface area contributed by atoms with E-state index in [4.69, 9.17) is 18.8 Å². The van der Waals surface area contributed by atoms with Gasteiger partial charge in [0.1, 0.15) is 5.75 Å². The number of carbonyl (C=O) groups excluding carboxylic acids is 2. The van der Waals surface area contributed by atoms with Crippen LogP contribution in [0.1, 0.15) is 52.2 Å². The van der Waals surface area contributed by atoms with Crippen LogP contribution in [0.3, 0.4) is 0 Å². The highest BCUT2D eigenvalue weighted by molar-refractivity contribution is 6.63. The summed E-state index contributed by atoms with van der Waals surface area (Å²) in [7, 11) is 2.41. The largest absolute Gasteiger partial charge is 0.498 e. The predicted molar refractivity (Wildman–Crippen MR) is 109 cm³/mol. The van der Waals surface area contributed by atoms with E-state index in [1.165, 1.54) is 7.11 Å². The van der Waals surface area contributed by atoms with Gasteiger partial charge in [-0.05, 0) is 44.9 Å². The van der Waals surface area contributed by atoms with Crippen molar-refractivity contribution in [2.24, 2.45) is 5.92 Å². The van der Waals surface area contributed by atoms with Crippen molar-refractivity contribution in [3.63, 3.8) is 0 Å². The summed E-state index contributed by atoms with van der Waals surface area (Å²) in [4.78, 5) is 26.0. The molecular formula is C21H30BNO6. The Labute approximate surface area is 172 Å². The minimum absolute atomic E-state index is 0.0738. The van der Waals surface area contributed by atoms with E-state index in [1.807, 2.05) is 39.8 Å². The SMILES string of the molecule is COC(=O)[C@@H](C)CC(=O)N1Cc2cc(OC)c(B3OC(C)(C)C(C)(C)O3)cc2C1. The molecule has 0 radical (unpaired) electrons. The zero-order chi connectivity index (χ0) is 21.6. The average molecular weight is 403 g/mol. The standard InChI is InChI=1S/C21H30BNO6/c1-13(19(25)27-7)8-18(24)23-11-14-9-16(17(26-6)10-15(14)12-23)22-28-20(2,3)21(4,5)29-22/h9-10,13H,8,11-12H2,1-7H3/t13-/m0/s1. The Morgan fingerprint density at radius 3 is 2.17 bits per heavy atom. The molecular weight excluding hydrogens is 373 g/mol. The number of esters is 1.